The summed E-state index contributed by atoms with van der Waals surface area (Å²) in [7, 11) is 1.60. The fourth-order valence-corrected chi connectivity index (χ4v) is 2.20. The number of hydrogen-bond donors (Lipinski definition) is 1. The minimum atomic E-state index is -0.339. The van der Waals surface area contributed by atoms with E-state index in [-0.39, 0.29) is 18.1 Å². The summed E-state index contributed by atoms with van der Waals surface area (Å²) in [5.74, 6) is 1.03. The fraction of sp³-hybridized carbons (Fsp3) is 0.385. The van der Waals surface area contributed by atoms with Crippen molar-refractivity contribution in [2.75, 3.05) is 7.11 Å². The molecule has 0 fully saturated rings. The van der Waals surface area contributed by atoms with E-state index in [9.17, 15) is 4.79 Å². The number of ether oxygens (including phenoxy) is 1. The van der Waals surface area contributed by atoms with Crippen molar-refractivity contribution in [2.24, 2.45) is 10.7 Å². The third-order valence-electron chi connectivity index (χ3n) is 2.99. The van der Waals surface area contributed by atoms with E-state index in [4.69, 9.17) is 10.5 Å². The van der Waals surface area contributed by atoms with Crippen LogP contribution in [0.15, 0.2) is 29.3 Å². The molecule has 0 spiro atoms. The van der Waals surface area contributed by atoms with E-state index in [0.717, 1.165) is 5.56 Å². The van der Waals surface area contributed by atoms with Crippen molar-refractivity contribution in [3.8, 4) is 5.75 Å². The maximum Gasteiger partial charge on any atom is 0.346 e. The van der Waals surface area contributed by atoms with Gasteiger partial charge < -0.3 is 15.4 Å². The number of rotatable bonds is 3. The van der Waals surface area contributed by atoms with E-state index < -0.39 is 0 Å². The maximum absolute atomic E-state index is 11.8. The zero-order valence-corrected chi connectivity index (χ0v) is 10.8. The minimum absolute atomic E-state index is 0.0252. The molecule has 5 nitrogen and oxygen atoms in total. The van der Waals surface area contributed by atoms with E-state index in [1.54, 1.807) is 12.0 Å². The number of para-hydroxylation sites is 1. The molecule has 1 heterocycles. The van der Waals surface area contributed by atoms with Crippen LogP contribution in [0, 0.1) is 0 Å². The van der Waals surface area contributed by atoms with Crippen molar-refractivity contribution in [2.45, 2.75) is 25.9 Å². The zero-order chi connectivity index (χ0) is 13.3. The number of aliphatic imine (C=N–C) groups is 1. The number of amidine groups is 1. The molecule has 5 heteroatoms. The lowest BCUT2D eigenvalue weighted by atomic mass is 10.0. The van der Waals surface area contributed by atoms with Crippen LogP contribution in [-0.4, -0.2) is 29.9 Å². The zero-order valence-electron chi connectivity index (χ0n) is 10.8. The van der Waals surface area contributed by atoms with E-state index >= 15 is 0 Å². The van der Waals surface area contributed by atoms with Crippen LogP contribution in [0.5, 0.6) is 5.75 Å². The minimum Gasteiger partial charge on any atom is -0.496 e. The Kier molecular flexibility index (Phi) is 3.23. The molecule has 1 aliphatic heterocycles. The Balaban J connectivity index is 2.48. The highest BCUT2D eigenvalue weighted by atomic mass is 16.5. The van der Waals surface area contributed by atoms with Crippen molar-refractivity contribution in [3.05, 3.63) is 29.8 Å². The smallest absolute Gasteiger partial charge is 0.346 e. The molecular formula is C13H17N3O2. The van der Waals surface area contributed by atoms with Crippen LogP contribution in [-0.2, 0) is 0 Å². The van der Waals surface area contributed by atoms with Crippen LogP contribution >= 0.6 is 0 Å². The second-order valence-electron chi connectivity index (χ2n) is 4.46. The van der Waals surface area contributed by atoms with Gasteiger partial charge in [-0.05, 0) is 19.9 Å². The quantitative estimate of drug-likeness (QED) is 0.887. The normalized spacial score (nSPS) is 19.3. The molecule has 1 atom stereocenters. The summed E-state index contributed by atoms with van der Waals surface area (Å²) in [4.78, 5) is 17.3. The first-order chi connectivity index (χ1) is 8.56. The summed E-state index contributed by atoms with van der Waals surface area (Å²) in [6.45, 7) is 3.88. The first-order valence-corrected chi connectivity index (χ1v) is 5.85. The number of methoxy groups -OCH3 is 1. The average molecular weight is 247 g/mol. The monoisotopic (exact) mass is 247 g/mol. The van der Waals surface area contributed by atoms with Crippen LogP contribution < -0.4 is 10.5 Å². The topological polar surface area (TPSA) is 67.9 Å². The number of nitrogens with two attached hydrogens (primary N) is 1. The molecule has 96 valence electrons. The standard InChI is InChI=1S/C13H17N3O2/c1-8(2)16-11(12(14)15-13(16)17)9-6-4-5-7-10(9)18-3/h4-8,11H,1-3H3,(H2,14,15,17). The Morgan fingerprint density at radius 3 is 2.67 bits per heavy atom. The third-order valence-corrected chi connectivity index (χ3v) is 2.99. The van der Waals surface area contributed by atoms with Gasteiger partial charge in [-0.2, -0.15) is 4.99 Å². The number of amides is 2. The van der Waals surface area contributed by atoms with E-state index in [2.05, 4.69) is 4.99 Å². The number of carbonyl (C=O) groups is 1. The van der Waals surface area contributed by atoms with Gasteiger partial charge in [0, 0.05) is 11.6 Å². The first-order valence-electron chi connectivity index (χ1n) is 5.85. The Bertz CT molecular complexity index is 497. The predicted molar refractivity (Wildman–Crippen MR) is 69.7 cm³/mol. The van der Waals surface area contributed by atoms with Crippen LogP contribution in [0.2, 0.25) is 0 Å². The van der Waals surface area contributed by atoms with Gasteiger partial charge in [0.25, 0.3) is 0 Å². The molecule has 0 saturated carbocycles. The van der Waals surface area contributed by atoms with E-state index in [0.29, 0.717) is 11.6 Å². The van der Waals surface area contributed by atoms with Crippen molar-refractivity contribution >= 4 is 11.9 Å². The summed E-state index contributed by atoms with van der Waals surface area (Å²) in [6.07, 6.45) is 0. The Hall–Kier alpha value is -2.04. The first kappa shape index (κ1) is 12.4. The van der Waals surface area contributed by atoms with Gasteiger partial charge in [-0.15, -0.1) is 0 Å². The molecule has 2 N–H and O–H groups in total. The molecule has 0 aliphatic carbocycles. The Labute approximate surface area is 106 Å². The van der Waals surface area contributed by atoms with Crippen LogP contribution in [0.25, 0.3) is 0 Å². The largest absolute Gasteiger partial charge is 0.496 e. The highest BCUT2D eigenvalue weighted by Gasteiger charge is 2.37. The van der Waals surface area contributed by atoms with Crippen molar-refractivity contribution in [1.82, 2.24) is 4.90 Å². The Morgan fingerprint density at radius 2 is 2.06 bits per heavy atom. The van der Waals surface area contributed by atoms with E-state index in [1.807, 2.05) is 38.1 Å². The third kappa shape index (κ3) is 1.92. The van der Waals surface area contributed by atoms with Gasteiger partial charge in [0.1, 0.15) is 17.6 Å². The number of carbonyl (C=O) groups excluding carboxylic acids is 1. The second kappa shape index (κ2) is 4.68. The Morgan fingerprint density at radius 1 is 1.39 bits per heavy atom. The summed E-state index contributed by atoms with van der Waals surface area (Å²) in [5.41, 5.74) is 6.75. The summed E-state index contributed by atoms with van der Waals surface area (Å²) >= 11 is 0. The molecule has 18 heavy (non-hydrogen) atoms. The van der Waals surface area contributed by atoms with Crippen molar-refractivity contribution in [3.63, 3.8) is 0 Å². The molecule has 0 radical (unpaired) electrons. The molecule has 2 amide bonds. The lowest BCUT2D eigenvalue weighted by molar-refractivity contribution is 0.189. The van der Waals surface area contributed by atoms with Crippen LogP contribution in [0.1, 0.15) is 25.5 Å². The number of nitrogens with zero attached hydrogens (tertiary/aromatic N) is 2. The lowest BCUT2D eigenvalue weighted by Gasteiger charge is -2.28. The van der Waals surface area contributed by atoms with Gasteiger partial charge in [-0.3, -0.25) is 0 Å². The molecule has 0 bridgehead atoms. The number of benzene rings is 1. The van der Waals surface area contributed by atoms with Gasteiger partial charge in [0.05, 0.1) is 7.11 Å². The SMILES string of the molecule is COc1ccccc1C1C(N)=NC(=O)N1C(C)C. The van der Waals surface area contributed by atoms with E-state index in [1.165, 1.54) is 0 Å². The maximum atomic E-state index is 11.8. The van der Waals surface area contributed by atoms with Crippen LogP contribution in [0.4, 0.5) is 4.79 Å². The average Bonchev–Trinajstić information content (AvgIpc) is 2.64. The molecular weight excluding hydrogens is 230 g/mol. The van der Waals surface area contributed by atoms with Crippen molar-refractivity contribution in [1.29, 1.82) is 0 Å². The number of hydrogen-bond acceptors (Lipinski definition) is 3. The van der Waals surface area contributed by atoms with Crippen molar-refractivity contribution < 1.29 is 9.53 Å². The van der Waals surface area contributed by atoms with Gasteiger partial charge in [-0.25, -0.2) is 4.79 Å². The van der Waals surface area contributed by atoms with Crippen LogP contribution in [0.3, 0.4) is 0 Å². The summed E-state index contributed by atoms with van der Waals surface area (Å²) in [5, 5.41) is 0. The molecule has 1 aromatic carbocycles. The summed E-state index contributed by atoms with van der Waals surface area (Å²) in [6, 6.07) is 6.92. The predicted octanol–water partition coefficient (Wildman–Crippen LogP) is 1.94. The molecule has 0 aromatic heterocycles. The highest BCUT2D eigenvalue weighted by molar-refractivity contribution is 6.03. The van der Waals surface area contributed by atoms with Gasteiger partial charge >= 0.3 is 6.03 Å². The number of urea groups is 1. The van der Waals surface area contributed by atoms with Gasteiger partial charge in [0.15, 0.2) is 0 Å². The lowest BCUT2D eigenvalue weighted by Crippen LogP contribution is -2.38. The highest BCUT2D eigenvalue weighted by Crippen LogP contribution is 2.34. The fourth-order valence-electron chi connectivity index (χ4n) is 2.20. The molecule has 1 unspecified atom stereocenters. The van der Waals surface area contributed by atoms with Gasteiger partial charge in [-0.1, -0.05) is 18.2 Å². The molecule has 0 saturated heterocycles. The molecule has 1 aromatic rings. The van der Waals surface area contributed by atoms with Gasteiger partial charge in [0.2, 0.25) is 0 Å². The molecule has 1 aliphatic rings. The molecule has 2 rings (SSSR count). The second-order valence-corrected chi connectivity index (χ2v) is 4.46. The summed E-state index contributed by atoms with van der Waals surface area (Å²) < 4.78 is 5.32.